The van der Waals surface area contributed by atoms with Crippen molar-refractivity contribution in [1.82, 2.24) is 30.2 Å². The zero-order chi connectivity index (χ0) is 26.6. The van der Waals surface area contributed by atoms with E-state index in [2.05, 4.69) is 30.6 Å². The van der Waals surface area contributed by atoms with E-state index in [9.17, 15) is 9.59 Å². The summed E-state index contributed by atoms with van der Waals surface area (Å²) in [5.41, 5.74) is 1.69. The van der Waals surface area contributed by atoms with Crippen molar-refractivity contribution < 1.29 is 19.1 Å². The fourth-order valence-electron chi connectivity index (χ4n) is 4.60. The standard InChI is InChI=1S/C25H24ClN7O4S/c1-12-8-27-19-17-15(38-20(19)21(34)30-12)5-4-14-18(17)28-10-16(31-14)37-22-13(9-29-24(26)32-22)11-33-6-7-36-25(2,3)23(33)35/h4-5,9-10,12,27H,6-8,11H2,1-3H3,(H,30,34)/t12-/m1/s1. The fraction of sp³-hybridized carbons (Fsp3) is 0.360. The minimum absolute atomic E-state index is 0.00548. The van der Waals surface area contributed by atoms with E-state index in [1.807, 2.05) is 19.1 Å². The number of halogens is 1. The van der Waals surface area contributed by atoms with E-state index in [1.54, 1.807) is 18.7 Å². The number of anilines is 1. The number of fused-ring (bicyclic) bond motifs is 5. The number of carbonyl (C=O) groups excluding carboxylic acids is 2. The molecule has 0 radical (unpaired) electrons. The lowest BCUT2D eigenvalue weighted by Gasteiger charge is -2.37. The number of hydrogen-bond donors (Lipinski definition) is 2. The number of morpholine rings is 1. The first-order chi connectivity index (χ1) is 18.2. The first kappa shape index (κ1) is 24.7. The number of amides is 2. The molecule has 196 valence electrons. The van der Waals surface area contributed by atoms with Gasteiger partial charge in [-0.25, -0.2) is 15.0 Å². The van der Waals surface area contributed by atoms with Crippen molar-refractivity contribution in [3.8, 4) is 11.8 Å². The monoisotopic (exact) mass is 553 g/mol. The molecule has 2 aliphatic heterocycles. The van der Waals surface area contributed by atoms with Crippen molar-refractivity contribution >= 4 is 61.6 Å². The van der Waals surface area contributed by atoms with E-state index in [1.165, 1.54) is 23.7 Å². The van der Waals surface area contributed by atoms with E-state index in [0.29, 0.717) is 41.2 Å². The maximum absolute atomic E-state index is 12.8. The van der Waals surface area contributed by atoms with Crippen LogP contribution in [0.3, 0.4) is 0 Å². The van der Waals surface area contributed by atoms with Gasteiger partial charge < -0.3 is 25.0 Å². The smallest absolute Gasteiger partial charge is 0.263 e. The highest BCUT2D eigenvalue weighted by atomic mass is 35.5. The Balaban J connectivity index is 1.34. The Morgan fingerprint density at radius 3 is 2.92 bits per heavy atom. The summed E-state index contributed by atoms with van der Waals surface area (Å²) in [6, 6.07) is 3.77. The van der Waals surface area contributed by atoms with Gasteiger partial charge in [-0.3, -0.25) is 9.59 Å². The van der Waals surface area contributed by atoms with E-state index < -0.39 is 5.60 Å². The zero-order valence-corrected chi connectivity index (χ0v) is 22.4. The molecular weight excluding hydrogens is 530 g/mol. The highest BCUT2D eigenvalue weighted by molar-refractivity contribution is 7.21. The summed E-state index contributed by atoms with van der Waals surface area (Å²) in [6.45, 7) is 7.14. The van der Waals surface area contributed by atoms with Crippen LogP contribution < -0.4 is 15.4 Å². The molecule has 2 amide bonds. The zero-order valence-electron chi connectivity index (χ0n) is 20.9. The molecule has 1 atom stereocenters. The number of nitrogens with one attached hydrogen (secondary N) is 2. The lowest BCUT2D eigenvalue weighted by atomic mass is 10.1. The molecule has 6 rings (SSSR count). The van der Waals surface area contributed by atoms with Crippen molar-refractivity contribution in [2.45, 2.75) is 39.0 Å². The van der Waals surface area contributed by atoms with Gasteiger partial charge in [0.05, 0.1) is 41.6 Å². The topological polar surface area (TPSA) is 131 Å². The van der Waals surface area contributed by atoms with Crippen molar-refractivity contribution in [2.24, 2.45) is 0 Å². The molecule has 0 aliphatic carbocycles. The van der Waals surface area contributed by atoms with Gasteiger partial charge in [0, 0.05) is 35.4 Å². The maximum Gasteiger partial charge on any atom is 0.263 e. The molecule has 4 aromatic rings. The van der Waals surface area contributed by atoms with Crippen molar-refractivity contribution in [1.29, 1.82) is 0 Å². The molecule has 0 spiro atoms. The number of carbonyl (C=O) groups is 2. The maximum atomic E-state index is 12.8. The third-order valence-electron chi connectivity index (χ3n) is 6.50. The Labute approximate surface area is 226 Å². The molecule has 1 fully saturated rings. The summed E-state index contributed by atoms with van der Waals surface area (Å²) in [7, 11) is 0. The van der Waals surface area contributed by atoms with E-state index >= 15 is 0 Å². The van der Waals surface area contributed by atoms with Crippen molar-refractivity contribution in [2.75, 3.05) is 25.0 Å². The van der Waals surface area contributed by atoms with Crippen LogP contribution in [-0.2, 0) is 16.1 Å². The Hall–Kier alpha value is -3.61. The number of nitrogens with zero attached hydrogens (tertiary/aromatic N) is 5. The Morgan fingerprint density at radius 2 is 2.08 bits per heavy atom. The molecule has 5 heterocycles. The number of hydrogen-bond acceptors (Lipinski definition) is 10. The lowest BCUT2D eigenvalue weighted by Crippen LogP contribution is -2.52. The van der Waals surface area contributed by atoms with Crippen LogP contribution in [0, 0.1) is 0 Å². The predicted molar refractivity (Wildman–Crippen MR) is 143 cm³/mol. The van der Waals surface area contributed by atoms with Crippen LogP contribution in [0.4, 0.5) is 5.69 Å². The van der Waals surface area contributed by atoms with Gasteiger partial charge in [0.1, 0.15) is 10.5 Å². The summed E-state index contributed by atoms with van der Waals surface area (Å²) < 4.78 is 12.6. The minimum atomic E-state index is -0.908. The van der Waals surface area contributed by atoms with Crippen molar-refractivity contribution in [3.63, 3.8) is 0 Å². The van der Waals surface area contributed by atoms with E-state index in [4.69, 9.17) is 21.1 Å². The average Bonchev–Trinajstić information content (AvgIpc) is 3.19. The summed E-state index contributed by atoms with van der Waals surface area (Å²) >= 11 is 7.49. The number of aromatic nitrogens is 4. The highest BCUT2D eigenvalue weighted by Crippen LogP contribution is 2.40. The Bertz CT molecular complexity index is 1610. The largest absolute Gasteiger partial charge is 0.418 e. The second-order valence-electron chi connectivity index (χ2n) is 9.73. The van der Waals surface area contributed by atoms with Gasteiger partial charge in [0.25, 0.3) is 11.8 Å². The lowest BCUT2D eigenvalue weighted by molar-refractivity contribution is -0.166. The minimum Gasteiger partial charge on any atom is -0.418 e. The second-order valence-corrected chi connectivity index (χ2v) is 11.1. The molecule has 2 N–H and O–H groups in total. The van der Waals surface area contributed by atoms with Gasteiger partial charge in [-0.1, -0.05) is 0 Å². The second kappa shape index (κ2) is 9.29. The third kappa shape index (κ3) is 4.38. The molecule has 13 heteroatoms. The van der Waals surface area contributed by atoms with Crippen LogP contribution in [0.25, 0.3) is 21.1 Å². The summed E-state index contributed by atoms with van der Waals surface area (Å²) in [5, 5.41) is 7.24. The Morgan fingerprint density at radius 1 is 1.24 bits per heavy atom. The normalized spacial score (nSPS) is 19.2. The van der Waals surface area contributed by atoms with E-state index in [-0.39, 0.29) is 41.4 Å². The van der Waals surface area contributed by atoms with Crippen molar-refractivity contribution in [3.05, 3.63) is 40.3 Å². The molecule has 1 saturated heterocycles. The number of benzene rings is 1. The van der Waals surface area contributed by atoms with Crippen LogP contribution in [-0.4, -0.2) is 68.0 Å². The highest BCUT2D eigenvalue weighted by Gasteiger charge is 2.37. The fourth-order valence-corrected chi connectivity index (χ4v) is 5.81. The van der Waals surface area contributed by atoms with Gasteiger partial charge in [0.15, 0.2) is 0 Å². The first-order valence-electron chi connectivity index (χ1n) is 12.1. The SMILES string of the molecule is C[C@@H]1CNc2c(sc3ccc4nc(Oc5nc(Cl)ncc5CN5CCOC(C)(C)C5=O)cnc4c23)C(=O)N1. The van der Waals surface area contributed by atoms with Crippen LogP contribution in [0.1, 0.15) is 36.0 Å². The van der Waals surface area contributed by atoms with Crippen LogP contribution >= 0.6 is 22.9 Å². The molecular formula is C25H24ClN7O4S. The van der Waals surface area contributed by atoms with Gasteiger partial charge >= 0.3 is 0 Å². The van der Waals surface area contributed by atoms with Crippen LogP contribution in [0.15, 0.2) is 24.5 Å². The molecule has 0 bridgehead atoms. The molecule has 0 unspecified atom stereocenters. The Kier molecular flexibility index (Phi) is 6.04. The first-order valence-corrected chi connectivity index (χ1v) is 13.3. The van der Waals surface area contributed by atoms with E-state index in [0.717, 1.165) is 15.8 Å². The van der Waals surface area contributed by atoms with Crippen LogP contribution in [0.5, 0.6) is 11.8 Å². The number of ether oxygens (including phenoxy) is 2. The van der Waals surface area contributed by atoms with Gasteiger partial charge in [-0.15, -0.1) is 11.3 Å². The third-order valence-corrected chi connectivity index (χ3v) is 7.83. The quantitative estimate of drug-likeness (QED) is 0.362. The number of thiophene rings is 1. The summed E-state index contributed by atoms with van der Waals surface area (Å²) in [6.07, 6.45) is 3.05. The molecule has 1 aromatic carbocycles. The number of rotatable bonds is 4. The molecule has 38 heavy (non-hydrogen) atoms. The van der Waals surface area contributed by atoms with Gasteiger partial charge in [-0.05, 0) is 44.5 Å². The average molecular weight is 554 g/mol. The van der Waals surface area contributed by atoms with Gasteiger partial charge in [-0.2, -0.15) is 4.98 Å². The van der Waals surface area contributed by atoms with Gasteiger partial charge in [0.2, 0.25) is 17.0 Å². The summed E-state index contributed by atoms with van der Waals surface area (Å²) in [5.74, 6) is 0.163. The summed E-state index contributed by atoms with van der Waals surface area (Å²) in [4.78, 5) is 45.4. The molecule has 11 nitrogen and oxygen atoms in total. The molecule has 0 saturated carbocycles. The van der Waals surface area contributed by atoms with Crippen LogP contribution in [0.2, 0.25) is 5.28 Å². The molecule has 3 aromatic heterocycles. The molecule has 2 aliphatic rings. The predicted octanol–water partition coefficient (Wildman–Crippen LogP) is 3.76.